The quantitative estimate of drug-likeness (QED) is 0.0226. The Morgan fingerprint density at radius 1 is 0.516 bits per heavy atom. The lowest BCUT2D eigenvalue weighted by atomic mass is 9.95. The van der Waals surface area contributed by atoms with E-state index >= 15 is 0 Å². The molecule has 5 heterocycles. The highest BCUT2D eigenvalue weighted by Gasteiger charge is 2.64. The van der Waals surface area contributed by atoms with E-state index < -0.39 is 210 Å². The topological polar surface area (TPSA) is 501 Å². The van der Waals surface area contributed by atoms with E-state index in [4.69, 9.17) is 66.3 Å². The number of ether oxygens (including phenoxy) is 14. The Morgan fingerprint density at radius 3 is 1.63 bits per heavy atom. The van der Waals surface area contributed by atoms with Crippen LogP contribution >= 0.6 is 0 Å². The number of esters is 4. The molecule has 15 N–H and O–H groups in total. The summed E-state index contributed by atoms with van der Waals surface area (Å²) in [5, 5.41) is 163. The van der Waals surface area contributed by atoms with Gasteiger partial charge in [-0.25, -0.2) is 14.4 Å². The molecule has 0 amide bonds. The number of carbonyl (C=O) groups is 4. The number of carbonyl (C=O) groups excluding carboxylic acids is 4. The van der Waals surface area contributed by atoms with Crippen LogP contribution in [0.5, 0.6) is 17.2 Å². The molecule has 5 aliphatic heterocycles. The second-order valence-electron chi connectivity index (χ2n) is 21.4. The van der Waals surface area contributed by atoms with Crippen molar-refractivity contribution in [2.45, 2.75) is 154 Å². The van der Waals surface area contributed by atoms with E-state index in [2.05, 4.69) is 0 Å². The highest BCUT2D eigenvalue weighted by molar-refractivity contribution is 5.90. The third-order valence-electron chi connectivity index (χ3n) is 15.2. The smallest absolute Gasteiger partial charge is 0.338 e. The fourth-order valence-electron chi connectivity index (χ4n) is 10.4. The molecule has 0 radical (unpaired) electrons. The maximum absolute atomic E-state index is 14.4. The number of aromatic hydroxyl groups is 2. The van der Waals surface area contributed by atoms with Gasteiger partial charge in [-0.05, 0) is 59.7 Å². The van der Waals surface area contributed by atoms with E-state index in [1.54, 1.807) is 6.07 Å². The van der Waals surface area contributed by atoms with Crippen LogP contribution in [-0.2, 0) is 76.0 Å². The van der Waals surface area contributed by atoms with Crippen molar-refractivity contribution in [3.8, 4) is 17.2 Å². The molecule has 0 bridgehead atoms. The average Bonchev–Trinajstić information content (AvgIpc) is 1.75. The van der Waals surface area contributed by atoms with Crippen molar-refractivity contribution in [1.29, 1.82) is 0 Å². The van der Waals surface area contributed by atoms with E-state index in [0.29, 0.717) is 5.56 Å². The third kappa shape index (κ3) is 16.5. The third-order valence-corrected chi connectivity index (χ3v) is 15.2. The molecule has 0 aliphatic carbocycles. The number of methoxy groups -OCH3 is 1. The molecule has 91 heavy (non-hydrogen) atoms. The zero-order valence-corrected chi connectivity index (χ0v) is 48.3. The summed E-state index contributed by atoms with van der Waals surface area (Å²) in [6.07, 6.45) is -45.3. The zero-order chi connectivity index (χ0) is 66.0. The highest BCUT2D eigenvalue weighted by atomic mass is 16.8. The minimum absolute atomic E-state index is 0.0317. The fourth-order valence-corrected chi connectivity index (χ4v) is 10.4. The van der Waals surface area contributed by atoms with E-state index in [9.17, 15) is 95.8 Å². The maximum atomic E-state index is 14.4. The molecular formula is C58H72O33. The lowest BCUT2D eigenvalue weighted by molar-refractivity contribution is -0.423. The summed E-state index contributed by atoms with van der Waals surface area (Å²) in [4.78, 5) is 55.0. The van der Waals surface area contributed by atoms with Gasteiger partial charge in [0.2, 0.25) is 5.79 Å². The first kappa shape index (κ1) is 70.4. The lowest BCUT2D eigenvalue weighted by Crippen LogP contribution is -2.69. The van der Waals surface area contributed by atoms with Crippen molar-refractivity contribution in [3.63, 3.8) is 0 Å². The van der Waals surface area contributed by atoms with Crippen LogP contribution in [0.4, 0.5) is 0 Å². The van der Waals surface area contributed by atoms with Gasteiger partial charge in [0.1, 0.15) is 123 Å². The first-order chi connectivity index (χ1) is 43.4. The Hall–Kier alpha value is -6.46. The summed E-state index contributed by atoms with van der Waals surface area (Å²) in [5.41, 5.74) is 0.434. The molecule has 8 rings (SSSR count). The van der Waals surface area contributed by atoms with Crippen LogP contribution in [0, 0.1) is 0 Å². The first-order valence-electron chi connectivity index (χ1n) is 28.2. The molecule has 0 saturated carbocycles. The predicted octanol–water partition coefficient (Wildman–Crippen LogP) is -5.54. The Bertz CT molecular complexity index is 2930. The number of phenolic OH excluding ortho intramolecular Hbond substituents is 2. The highest BCUT2D eigenvalue weighted by Crippen LogP contribution is 2.43. The van der Waals surface area contributed by atoms with Crippen LogP contribution in [0.1, 0.15) is 28.4 Å². The minimum atomic E-state index is -2.99. The van der Waals surface area contributed by atoms with Gasteiger partial charge in [0, 0.05) is 19.1 Å². The van der Waals surface area contributed by atoms with E-state index in [-0.39, 0.29) is 28.4 Å². The summed E-state index contributed by atoms with van der Waals surface area (Å²) in [7, 11) is 1.25. The molecule has 24 atom stereocenters. The summed E-state index contributed by atoms with van der Waals surface area (Å²) >= 11 is 0. The number of aliphatic hydroxyl groups is 13. The first-order valence-corrected chi connectivity index (χ1v) is 28.2. The molecule has 0 aromatic heterocycles. The molecule has 5 fully saturated rings. The zero-order valence-electron chi connectivity index (χ0n) is 48.3. The van der Waals surface area contributed by atoms with Gasteiger partial charge in [0.15, 0.2) is 48.9 Å². The van der Waals surface area contributed by atoms with Gasteiger partial charge in [-0.15, -0.1) is 0 Å². The number of benzene rings is 3. The van der Waals surface area contributed by atoms with Gasteiger partial charge < -0.3 is 143 Å². The Kier molecular flexibility index (Phi) is 24.3. The van der Waals surface area contributed by atoms with Gasteiger partial charge in [-0.3, -0.25) is 4.79 Å². The summed E-state index contributed by atoms with van der Waals surface area (Å²) in [6.45, 7) is -5.62. The molecule has 0 unspecified atom stereocenters. The van der Waals surface area contributed by atoms with Crippen molar-refractivity contribution in [3.05, 3.63) is 102 Å². The molecule has 5 aliphatic rings. The standard InChI is InChI=1S/C58H72O33/c1-25(63)79-23-36-48(85-38(67)17-12-27-10-15-30(65)31(18-27)78-2)50(87-56-47(76)49(41(70)34(21-61)83-56)86-54-45(74)43(72)39(68)32(19-59)81-54)51(88-55-46(75)44(73)40(69)33(20-60)82-55)57(84-36)91-58(24-80-37(66)16-11-26-8-13-29(64)14-9-26)52(42(71)35(22-62)90-58)89-53(77)28-6-4-3-5-7-28/h3-18,32-36,39-52,54-57,59-62,64-65,68-76H,19-24H2,1-2H3/b16-11+,17-12+/t32-,33+,34-,35-,36-,39+,40-,41+,42-,43-,44+,45-,46-,47-,48-,49-,50+,51-,52+,54+,55+,56+,57-,58-/m1/s1. The molecule has 33 nitrogen and oxygen atoms in total. The molecule has 502 valence electrons. The second kappa shape index (κ2) is 31.4. The number of hydrogen-bond donors (Lipinski definition) is 15. The van der Waals surface area contributed by atoms with Crippen LogP contribution in [0.2, 0.25) is 0 Å². The maximum Gasteiger partial charge on any atom is 0.338 e. The monoisotopic (exact) mass is 1300 g/mol. The second-order valence-corrected chi connectivity index (χ2v) is 21.4. The molecular weight excluding hydrogens is 1220 g/mol. The van der Waals surface area contributed by atoms with Crippen LogP contribution in [0.3, 0.4) is 0 Å². The number of phenols is 2. The Balaban J connectivity index is 1.29. The van der Waals surface area contributed by atoms with Gasteiger partial charge in [-0.2, -0.15) is 0 Å². The van der Waals surface area contributed by atoms with Gasteiger partial charge >= 0.3 is 23.9 Å². The minimum Gasteiger partial charge on any atom is -0.508 e. The van der Waals surface area contributed by atoms with Crippen molar-refractivity contribution in [2.75, 3.05) is 46.8 Å². The normalized spacial score (nSPS) is 36.8. The van der Waals surface area contributed by atoms with Crippen LogP contribution in [0.25, 0.3) is 12.2 Å². The largest absolute Gasteiger partial charge is 0.508 e. The van der Waals surface area contributed by atoms with Gasteiger partial charge in [0.25, 0.3) is 0 Å². The van der Waals surface area contributed by atoms with Crippen LogP contribution < -0.4 is 4.74 Å². The number of aliphatic hydroxyl groups excluding tert-OH is 13. The van der Waals surface area contributed by atoms with Crippen molar-refractivity contribution < 1.29 is 162 Å². The van der Waals surface area contributed by atoms with Crippen molar-refractivity contribution >= 4 is 36.0 Å². The predicted molar refractivity (Wildman–Crippen MR) is 294 cm³/mol. The van der Waals surface area contributed by atoms with Crippen molar-refractivity contribution in [1.82, 2.24) is 0 Å². The van der Waals surface area contributed by atoms with Gasteiger partial charge in [0.05, 0.1) is 39.1 Å². The average molecular weight is 1300 g/mol. The summed E-state index contributed by atoms with van der Waals surface area (Å²) in [6, 6.07) is 16.4. The Morgan fingerprint density at radius 2 is 1.04 bits per heavy atom. The molecule has 0 spiro atoms. The SMILES string of the molecule is COc1cc(/C=C/C(=O)O[C@H]2[C@H](O[C@@H]3O[C@H](CO)[C@H](O)[C@@H](O[C@@H]4O[C@H](CO)[C@H](O)[C@@H](O)[C@H]4O)[C@H]3O)[C@@H](O[C@@H]3O[C@@H](CO)[C@@H](O)[C@H](O)[C@H]3O)[C@@H](O[C@@]3(COC(=O)/C=C/c4ccc(O)cc4)O[C@H](CO)[C@@H](O)[C@@H]3OC(=O)c3ccccc3)O[C@@H]2COC(C)=O)ccc1O. The van der Waals surface area contributed by atoms with E-state index in [0.717, 1.165) is 19.1 Å². The van der Waals surface area contributed by atoms with Crippen LogP contribution in [0.15, 0.2) is 84.9 Å². The lowest BCUT2D eigenvalue weighted by Gasteiger charge is -2.51. The van der Waals surface area contributed by atoms with E-state index in [1.165, 1.54) is 86.0 Å². The number of hydrogen-bond acceptors (Lipinski definition) is 33. The van der Waals surface area contributed by atoms with E-state index in [1.807, 2.05) is 0 Å². The van der Waals surface area contributed by atoms with Crippen molar-refractivity contribution in [2.24, 2.45) is 0 Å². The molecule has 3 aromatic rings. The summed E-state index contributed by atoms with van der Waals surface area (Å²) < 4.78 is 83.3. The fraction of sp³-hybridized carbons (Fsp3) is 0.552. The van der Waals surface area contributed by atoms with Gasteiger partial charge in [-0.1, -0.05) is 36.4 Å². The van der Waals surface area contributed by atoms with Crippen LogP contribution in [-0.4, -0.2) is 294 Å². The molecule has 3 aromatic carbocycles. The molecule has 5 saturated heterocycles. The Labute approximate surface area is 516 Å². The summed E-state index contributed by atoms with van der Waals surface area (Å²) in [5.74, 6) is -8.15. The number of rotatable bonds is 24. The molecule has 33 heteroatoms.